The van der Waals surface area contributed by atoms with Crippen LogP contribution in [0.4, 0.5) is 0 Å². The highest BCUT2D eigenvalue weighted by molar-refractivity contribution is 5.83. The number of benzene rings is 1. The van der Waals surface area contributed by atoms with Crippen molar-refractivity contribution in [3.63, 3.8) is 0 Å². The average molecular weight is 349 g/mol. The first kappa shape index (κ1) is 20.6. The molecule has 2 rings (SSSR count). The van der Waals surface area contributed by atoms with Gasteiger partial charge in [-0.05, 0) is 26.0 Å². The van der Waals surface area contributed by atoms with Gasteiger partial charge < -0.3 is 23.7 Å². The lowest BCUT2D eigenvalue weighted by Crippen LogP contribution is -2.08. The maximum absolute atomic E-state index is 11.5. The third-order valence-electron chi connectivity index (χ3n) is 2.97. The molecule has 1 aromatic heterocycles. The number of hydrogen-bond acceptors (Lipinski definition) is 7. The van der Waals surface area contributed by atoms with Crippen LogP contribution in [0.2, 0.25) is 0 Å². The van der Waals surface area contributed by atoms with Crippen molar-refractivity contribution >= 4 is 11.0 Å². The van der Waals surface area contributed by atoms with Gasteiger partial charge in [-0.2, -0.15) is 5.26 Å². The molecule has 0 radical (unpaired) electrons. The van der Waals surface area contributed by atoms with Gasteiger partial charge in [0.15, 0.2) is 11.3 Å². The molecule has 1 aromatic carbocycles. The molecule has 0 saturated heterocycles. The Hall–Kier alpha value is -2.40. The molecule has 1 N–H and O–H groups in total. The molecule has 0 saturated carbocycles. The molecule has 0 amide bonds. The van der Waals surface area contributed by atoms with Crippen LogP contribution in [-0.2, 0) is 9.47 Å². The largest absolute Gasteiger partial charge is 0.487 e. The quantitative estimate of drug-likeness (QED) is 0.575. The second-order valence-electron chi connectivity index (χ2n) is 4.70. The monoisotopic (exact) mass is 349 g/mol. The number of fused-ring (bicyclic) bond motifs is 1. The summed E-state index contributed by atoms with van der Waals surface area (Å²) in [5, 5.41) is 17.5. The van der Waals surface area contributed by atoms with Gasteiger partial charge in [0.05, 0.1) is 19.8 Å². The Labute approximate surface area is 146 Å². The van der Waals surface area contributed by atoms with Gasteiger partial charge >= 0.3 is 5.63 Å². The van der Waals surface area contributed by atoms with Crippen LogP contribution in [0.25, 0.3) is 11.0 Å². The normalized spacial score (nSPS) is 10.0. The van der Waals surface area contributed by atoms with Crippen LogP contribution in [0.3, 0.4) is 0 Å². The summed E-state index contributed by atoms with van der Waals surface area (Å²) < 4.78 is 20.5. The van der Waals surface area contributed by atoms with Crippen molar-refractivity contribution in [2.24, 2.45) is 0 Å². The van der Waals surface area contributed by atoms with Gasteiger partial charge in [0.1, 0.15) is 18.2 Å². The molecular weight excluding hydrogens is 326 g/mol. The molecule has 136 valence electrons. The molecule has 7 heteroatoms. The molecule has 25 heavy (non-hydrogen) atoms. The highest BCUT2D eigenvalue weighted by Crippen LogP contribution is 2.24. The summed E-state index contributed by atoms with van der Waals surface area (Å²) in [6.45, 7) is 6.56. The fourth-order valence-electron chi connectivity index (χ4n) is 1.87. The molecule has 0 aliphatic heterocycles. The van der Waals surface area contributed by atoms with Gasteiger partial charge in [0, 0.05) is 18.6 Å². The Morgan fingerprint density at radius 1 is 1.16 bits per heavy atom. The minimum Gasteiger partial charge on any atom is -0.487 e. The molecule has 0 bridgehead atoms. The third kappa shape index (κ3) is 6.93. The van der Waals surface area contributed by atoms with E-state index in [1.807, 2.05) is 13.8 Å². The summed E-state index contributed by atoms with van der Waals surface area (Å²) in [6.07, 6.45) is 0. The van der Waals surface area contributed by atoms with E-state index in [2.05, 4.69) is 0 Å². The van der Waals surface area contributed by atoms with Crippen molar-refractivity contribution in [1.82, 2.24) is 0 Å². The summed E-state index contributed by atoms with van der Waals surface area (Å²) >= 11 is 0. The second kappa shape index (κ2) is 12.0. The number of aliphatic hydroxyl groups excluding tert-OH is 1. The summed E-state index contributed by atoms with van der Waals surface area (Å²) in [4.78, 5) is 11.5. The number of rotatable bonds is 8. The average Bonchev–Trinajstić information content (AvgIpc) is 2.63. The van der Waals surface area contributed by atoms with E-state index in [9.17, 15) is 4.79 Å². The van der Waals surface area contributed by atoms with E-state index in [0.29, 0.717) is 49.8 Å². The Morgan fingerprint density at radius 2 is 1.88 bits per heavy atom. The Kier molecular flexibility index (Phi) is 9.94. The second-order valence-corrected chi connectivity index (χ2v) is 4.70. The van der Waals surface area contributed by atoms with Gasteiger partial charge in [0.25, 0.3) is 0 Å². The standard InChI is InChI=1S/C14H13NO4.C4H10O2/c1-2-17-6-7-18-12-5-3-4-10-8-11(9-15)14(16)19-13(10)12;1-2-6-4-3-5/h3-5,8H,2,6-7H2,1H3;5H,2-4H2,1H3. The predicted octanol–water partition coefficient (Wildman–Crippen LogP) is 2.10. The number of nitrogens with zero attached hydrogens (tertiary/aromatic N) is 1. The molecule has 0 aliphatic carbocycles. The maximum Gasteiger partial charge on any atom is 0.354 e. The predicted molar refractivity (Wildman–Crippen MR) is 92.8 cm³/mol. The molecule has 1 heterocycles. The number of aliphatic hydroxyl groups is 1. The van der Waals surface area contributed by atoms with Crippen molar-refractivity contribution in [2.75, 3.05) is 39.6 Å². The maximum atomic E-state index is 11.5. The highest BCUT2D eigenvalue weighted by Gasteiger charge is 2.09. The zero-order valence-corrected chi connectivity index (χ0v) is 14.5. The van der Waals surface area contributed by atoms with Gasteiger partial charge in [-0.3, -0.25) is 0 Å². The fraction of sp³-hybridized carbons (Fsp3) is 0.444. The fourth-order valence-corrected chi connectivity index (χ4v) is 1.87. The molecule has 2 aromatic rings. The lowest BCUT2D eigenvalue weighted by atomic mass is 10.2. The summed E-state index contributed by atoms with van der Waals surface area (Å²) in [7, 11) is 0. The molecule has 0 spiro atoms. The Bertz CT molecular complexity index is 730. The Balaban J connectivity index is 0.000000450. The smallest absolute Gasteiger partial charge is 0.354 e. The van der Waals surface area contributed by atoms with E-state index in [1.54, 1.807) is 24.3 Å². The minimum absolute atomic E-state index is 0.0148. The van der Waals surface area contributed by atoms with Crippen molar-refractivity contribution in [2.45, 2.75) is 13.8 Å². The van der Waals surface area contributed by atoms with Crippen molar-refractivity contribution in [3.8, 4) is 11.8 Å². The van der Waals surface area contributed by atoms with Crippen LogP contribution in [0.15, 0.2) is 33.5 Å². The third-order valence-corrected chi connectivity index (χ3v) is 2.97. The van der Waals surface area contributed by atoms with Crippen LogP contribution < -0.4 is 10.4 Å². The molecule has 0 atom stereocenters. The van der Waals surface area contributed by atoms with E-state index in [4.69, 9.17) is 29.0 Å². The zero-order chi connectivity index (χ0) is 18.5. The van der Waals surface area contributed by atoms with E-state index in [1.165, 1.54) is 6.07 Å². The van der Waals surface area contributed by atoms with Crippen LogP contribution in [0.1, 0.15) is 19.4 Å². The zero-order valence-electron chi connectivity index (χ0n) is 14.5. The van der Waals surface area contributed by atoms with Crippen molar-refractivity contribution < 1.29 is 23.7 Å². The van der Waals surface area contributed by atoms with Gasteiger partial charge in [-0.1, -0.05) is 12.1 Å². The summed E-state index contributed by atoms with van der Waals surface area (Å²) in [5.41, 5.74) is -0.321. The molecule has 0 aliphatic rings. The Morgan fingerprint density at radius 3 is 2.48 bits per heavy atom. The number of para-hydroxylation sites is 1. The van der Waals surface area contributed by atoms with E-state index < -0.39 is 5.63 Å². The molecule has 7 nitrogen and oxygen atoms in total. The molecular formula is C18H23NO6. The van der Waals surface area contributed by atoms with Gasteiger partial charge in [0.2, 0.25) is 0 Å². The van der Waals surface area contributed by atoms with Crippen LogP contribution >= 0.6 is 0 Å². The number of nitriles is 1. The van der Waals surface area contributed by atoms with Crippen LogP contribution in [0, 0.1) is 11.3 Å². The summed E-state index contributed by atoms with van der Waals surface area (Å²) in [6, 6.07) is 8.54. The lowest BCUT2D eigenvalue weighted by Gasteiger charge is -2.08. The topological polar surface area (TPSA) is 102 Å². The van der Waals surface area contributed by atoms with E-state index >= 15 is 0 Å². The van der Waals surface area contributed by atoms with Gasteiger partial charge in [-0.25, -0.2) is 4.79 Å². The van der Waals surface area contributed by atoms with Crippen molar-refractivity contribution in [1.29, 1.82) is 5.26 Å². The van der Waals surface area contributed by atoms with Crippen LogP contribution in [0.5, 0.6) is 5.75 Å². The number of ether oxygens (including phenoxy) is 3. The summed E-state index contributed by atoms with van der Waals surface area (Å²) in [5.74, 6) is 0.471. The van der Waals surface area contributed by atoms with E-state index in [0.717, 1.165) is 0 Å². The highest BCUT2D eigenvalue weighted by atomic mass is 16.5. The number of hydrogen-bond donors (Lipinski definition) is 1. The first-order valence-corrected chi connectivity index (χ1v) is 8.04. The first-order chi connectivity index (χ1) is 12.2. The lowest BCUT2D eigenvalue weighted by molar-refractivity contribution is 0.102. The van der Waals surface area contributed by atoms with E-state index in [-0.39, 0.29) is 12.2 Å². The SMILES string of the molecule is CCOCCO.CCOCCOc1cccc2cc(C#N)c(=O)oc12. The van der Waals surface area contributed by atoms with Gasteiger partial charge in [-0.15, -0.1) is 0 Å². The van der Waals surface area contributed by atoms with Crippen LogP contribution in [-0.4, -0.2) is 44.7 Å². The van der Waals surface area contributed by atoms with Crippen molar-refractivity contribution in [3.05, 3.63) is 40.2 Å². The molecule has 0 fully saturated rings. The minimum atomic E-state index is -0.657. The molecule has 0 unspecified atom stereocenters. The first-order valence-electron chi connectivity index (χ1n) is 8.04.